The van der Waals surface area contributed by atoms with Gasteiger partial charge in [-0.2, -0.15) is 0 Å². The molecule has 0 bridgehead atoms. The number of hydrogen-bond acceptors (Lipinski definition) is 4. The molecule has 26 heavy (non-hydrogen) atoms. The number of amides is 1. The molecule has 0 unspecified atom stereocenters. The van der Waals surface area contributed by atoms with E-state index in [9.17, 15) is 13.2 Å². The number of nitrogens with zero attached hydrogens (tertiary/aromatic N) is 1. The first-order valence-electron chi connectivity index (χ1n) is 8.38. The lowest BCUT2D eigenvalue weighted by Crippen LogP contribution is -2.33. The molecule has 2 aromatic rings. The van der Waals surface area contributed by atoms with E-state index in [0.29, 0.717) is 17.8 Å². The predicted octanol–water partition coefficient (Wildman–Crippen LogP) is 2.56. The van der Waals surface area contributed by atoms with Gasteiger partial charge in [0.2, 0.25) is 0 Å². The Kier molecular flexibility index (Phi) is 6.39. The Morgan fingerprint density at radius 1 is 1.08 bits per heavy atom. The van der Waals surface area contributed by atoms with Crippen LogP contribution in [0.3, 0.4) is 0 Å². The highest BCUT2D eigenvalue weighted by Crippen LogP contribution is 2.19. The van der Waals surface area contributed by atoms with Crippen molar-refractivity contribution in [3.05, 3.63) is 59.2 Å². The Balaban J connectivity index is 2.20. The summed E-state index contributed by atoms with van der Waals surface area (Å²) < 4.78 is 27.6. The molecule has 0 spiro atoms. The van der Waals surface area contributed by atoms with Gasteiger partial charge in [0.1, 0.15) is 0 Å². The SMILES string of the molecule is CCN(CCO)C(=O)c1ccc(S(=O)(=O)Nc2ccc(C)c(C)c2)cc1. The smallest absolute Gasteiger partial charge is 0.261 e. The minimum atomic E-state index is -3.74. The quantitative estimate of drug-likeness (QED) is 0.777. The summed E-state index contributed by atoms with van der Waals surface area (Å²) in [5.41, 5.74) is 2.95. The van der Waals surface area contributed by atoms with E-state index >= 15 is 0 Å². The minimum Gasteiger partial charge on any atom is -0.395 e. The third-order valence-corrected chi connectivity index (χ3v) is 5.61. The summed E-state index contributed by atoms with van der Waals surface area (Å²) in [6.45, 7) is 6.28. The maximum Gasteiger partial charge on any atom is 0.261 e. The molecule has 2 N–H and O–H groups in total. The van der Waals surface area contributed by atoms with E-state index < -0.39 is 10.0 Å². The summed E-state index contributed by atoms with van der Waals surface area (Å²) in [5, 5.41) is 9.01. The second kappa shape index (κ2) is 8.33. The summed E-state index contributed by atoms with van der Waals surface area (Å²) in [5.74, 6) is -0.243. The lowest BCUT2D eigenvalue weighted by molar-refractivity contribution is 0.0732. The number of aliphatic hydroxyl groups excluding tert-OH is 1. The Bertz CT molecular complexity index is 877. The van der Waals surface area contributed by atoms with Crippen molar-refractivity contribution >= 4 is 21.6 Å². The van der Waals surface area contributed by atoms with E-state index in [-0.39, 0.29) is 24.0 Å². The Morgan fingerprint density at radius 2 is 1.73 bits per heavy atom. The van der Waals surface area contributed by atoms with Gasteiger partial charge in [-0.15, -0.1) is 0 Å². The van der Waals surface area contributed by atoms with Crippen LogP contribution in [0.1, 0.15) is 28.4 Å². The highest BCUT2D eigenvalue weighted by Gasteiger charge is 2.17. The number of anilines is 1. The maximum atomic E-state index is 12.5. The topological polar surface area (TPSA) is 86.7 Å². The van der Waals surface area contributed by atoms with Gasteiger partial charge >= 0.3 is 0 Å². The fraction of sp³-hybridized carbons (Fsp3) is 0.316. The van der Waals surface area contributed by atoms with Crippen molar-refractivity contribution in [2.24, 2.45) is 0 Å². The van der Waals surface area contributed by atoms with Crippen molar-refractivity contribution in [1.82, 2.24) is 4.90 Å². The average Bonchev–Trinajstić information content (AvgIpc) is 2.62. The van der Waals surface area contributed by atoms with Crippen molar-refractivity contribution in [2.75, 3.05) is 24.4 Å². The number of likely N-dealkylation sites (N-methyl/N-ethyl adjacent to an activating group) is 1. The van der Waals surface area contributed by atoms with Crippen molar-refractivity contribution in [2.45, 2.75) is 25.7 Å². The van der Waals surface area contributed by atoms with Gasteiger partial charge in [-0.1, -0.05) is 6.07 Å². The molecule has 0 aliphatic heterocycles. The maximum absolute atomic E-state index is 12.5. The molecule has 140 valence electrons. The number of carbonyl (C=O) groups excluding carboxylic acids is 1. The van der Waals surface area contributed by atoms with Gasteiger partial charge < -0.3 is 10.0 Å². The molecule has 0 aromatic heterocycles. The van der Waals surface area contributed by atoms with E-state index in [1.54, 1.807) is 12.1 Å². The largest absolute Gasteiger partial charge is 0.395 e. The van der Waals surface area contributed by atoms with Crippen molar-refractivity contribution in [3.8, 4) is 0 Å². The number of aryl methyl sites for hydroxylation is 2. The summed E-state index contributed by atoms with van der Waals surface area (Å²) in [6, 6.07) is 11.1. The monoisotopic (exact) mass is 376 g/mol. The zero-order chi connectivity index (χ0) is 19.3. The molecule has 1 amide bonds. The lowest BCUT2D eigenvalue weighted by Gasteiger charge is -2.19. The van der Waals surface area contributed by atoms with Gasteiger partial charge in [-0.25, -0.2) is 8.42 Å². The summed E-state index contributed by atoms with van der Waals surface area (Å²) >= 11 is 0. The fourth-order valence-electron chi connectivity index (χ4n) is 2.50. The van der Waals surface area contributed by atoms with Crippen LogP contribution in [0.4, 0.5) is 5.69 Å². The van der Waals surface area contributed by atoms with Crippen LogP contribution in [0.15, 0.2) is 47.4 Å². The average molecular weight is 376 g/mol. The molecule has 0 saturated heterocycles. The predicted molar refractivity (Wildman–Crippen MR) is 102 cm³/mol. The number of rotatable bonds is 7. The van der Waals surface area contributed by atoms with Gasteiger partial charge in [0, 0.05) is 24.3 Å². The third-order valence-electron chi connectivity index (χ3n) is 4.21. The summed E-state index contributed by atoms with van der Waals surface area (Å²) in [4.78, 5) is 13.9. The van der Waals surface area contributed by atoms with Gasteiger partial charge in [0.15, 0.2) is 0 Å². The zero-order valence-corrected chi connectivity index (χ0v) is 16.0. The molecule has 0 atom stereocenters. The number of benzene rings is 2. The molecule has 0 aliphatic rings. The standard InChI is InChI=1S/C19H24N2O4S/c1-4-21(11-12-22)19(23)16-6-9-18(10-7-16)26(24,25)20-17-8-5-14(2)15(3)13-17/h5-10,13,20,22H,4,11-12H2,1-3H3. The molecular weight excluding hydrogens is 352 g/mol. The van der Waals surface area contributed by atoms with E-state index in [2.05, 4.69) is 4.72 Å². The number of hydrogen-bond donors (Lipinski definition) is 2. The third kappa shape index (κ3) is 4.62. The van der Waals surface area contributed by atoms with Crippen LogP contribution >= 0.6 is 0 Å². The van der Waals surface area contributed by atoms with Crippen LogP contribution in [0.25, 0.3) is 0 Å². The number of nitrogens with one attached hydrogen (secondary N) is 1. The first-order valence-corrected chi connectivity index (χ1v) is 9.87. The van der Waals surface area contributed by atoms with Gasteiger partial charge in [0.25, 0.3) is 15.9 Å². The molecule has 0 aliphatic carbocycles. The highest BCUT2D eigenvalue weighted by atomic mass is 32.2. The molecule has 7 heteroatoms. The minimum absolute atomic E-state index is 0.0810. The van der Waals surface area contributed by atoms with Crippen LogP contribution in [0, 0.1) is 13.8 Å². The van der Waals surface area contributed by atoms with Gasteiger partial charge in [-0.3, -0.25) is 9.52 Å². The van der Waals surface area contributed by atoms with Crippen molar-refractivity contribution in [1.29, 1.82) is 0 Å². The molecule has 0 fully saturated rings. The Hall–Kier alpha value is -2.38. The van der Waals surface area contributed by atoms with Crippen LogP contribution in [0.2, 0.25) is 0 Å². The molecule has 0 saturated carbocycles. The van der Waals surface area contributed by atoms with E-state index in [1.165, 1.54) is 29.2 Å². The molecular formula is C19H24N2O4S. The molecule has 0 radical (unpaired) electrons. The van der Waals surface area contributed by atoms with E-state index in [0.717, 1.165) is 11.1 Å². The second-order valence-electron chi connectivity index (χ2n) is 6.04. The summed E-state index contributed by atoms with van der Waals surface area (Å²) in [7, 11) is -3.74. The second-order valence-corrected chi connectivity index (χ2v) is 7.72. The van der Waals surface area contributed by atoms with Crippen LogP contribution < -0.4 is 4.72 Å². The van der Waals surface area contributed by atoms with Gasteiger partial charge in [-0.05, 0) is 68.3 Å². The van der Waals surface area contributed by atoms with Crippen molar-refractivity contribution < 1.29 is 18.3 Å². The van der Waals surface area contributed by atoms with Crippen LogP contribution in [-0.4, -0.2) is 44.0 Å². The van der Waals surface area contributed by atoms with Crippen molar-refractivity contribution in [3.63, 3.8) is 0 Å². The number of aliphatic hydroxyl groups is 1. The zero-order valence-electron chi connectivity index (χ0n) is 15.2. The van der Waals surface area contributed by atoms with Gasteiger partial charge in [0.05, 0.1) is 11.5 Å². The fourth-order valence-corrected chi connectivity index (χ4v) is 3.55. The highest BCUT2D eigenvalue weighted by molar-refractivity contribution is 7.92. The number of carbonyl (C=O) groups is 1. The number of sulfonamides is 1. The molecule has 2 rings (SSSR count). The normalized spacial score (nSPS) is 11.2. The first kappa shape index (κ1) is 19.9. The van der Waals surface area contributed by atoms with E-state index in [4.69, 9.17) is 5.11 Å². The summed E-state index contributed by atoms with van der Waals surface area (Å²) in [6.07, 6.45) is 0. The first-order chi connectivity index (χ1) is 12.3. The molecule has 6 nitrogen and oxygen atoms in total. The lowest BCUT2D eigenvalue weighted by atomic mass is 10.1. The Labute approximate surface area is 154 Å². The van der Waals surface area contributed by atoms with Crippen LogP contribution in [0.5, 0.6) is 0 Å². The van der Waals surface area contributed by atoms with Crippen LogP contribution in [-0.2, 0) is 10.0 Å². The molecule has 2 aromatic carbocycles. The molecule has 0 heterocycles. The Morgan fingerprint density at radius 3 is 2.27 bits per heavy atom. The van der Waals surface area contributed by atoms with E-state index in [1.807, 2.05) is 26.8 Å².